The summed E-state index contributed by atoms with van der Waals surface area (Å²) < 4.78 is 9.78. The Kier molecular flexibility index (Phi) is 3.71. The number of ether oxygens (including phenoxy) is 2. The number of benzene rings is 1. The molecule has 0 bridgehead atoms. The van der Waals surface area contributed by atoms with E-state index in [1.807, 2.05) is 0 Å². The summed E-state index contributed by atoms with van der Waals surface area (Å²) in [6.45, 7) is 1.27. The quantitative estimate of drug-likeness (QED) is 0.392. The molecule has 5 nitrogen and oxygen atoms in total. The highest BCUT2D eigenvalue weighted by atomic mass is 16.6. The van der Waals surface area contributed by atoms with Crippen LogP contribution in [0.3, 0.4) is 0 Å². The lowest BCUT2D eigenvalue weighted by molar-refractivity contribution is -0.132. The largest absolute Gasteiger partial charge is 0.493 e. The van der Waals surface area contributed by atoms with Crippen molar-refractivity contribution in [3.8, 4) is 11.5 Å². The maximum Gasteiger partial charge on any atom is 0.488 e. The zero-order valence-corrected chi connectivity index (χ0v) is 8.43. The molecule has 0 aromatic heterocycles. The summed E-state index contributed by atoms with van der Waals surface area (Å²) in [5, 5.41) is 17.8. The van der Waals surface area contributed by atoms with Gasteiger partial charge in [-0.1, -0.05) is 6.07 Å². The van der Waals surface area contributed by atoms with Crippen LogP contribution >= 0.6 is 0 Å². The molecule has 0 aliphatic heterocycles. The Balaban J connectivity index is 3.03. The van der Waals surface area contributed by atoms with Gasteiger partial charge in [0.25, 0.3) is 0 Å². The van der Waals surface area contributed by atoms with E-state index in [2.05, 4.69) is 0 Å². The van der Waals surface area contributed by atoms with E-state index < -0.39 is 13.1 Å². The summed E-state index contributed by atoms with van der Waals surface area (Å²) in [4.78, 5) is 10.7. The molecule has 0 amide bonds. The zero-order chi connectivity index (χ0) is 11.4. The minimum atomic E-state index is -1.58. The van der Waals surface area contributed by atoms with Gasteiger partial charge < -0.3 is 19.5 Å². The molecule has 0 aliphatic rings. The van der Waals surface area contributed by atoms with E-state index in [4.69, 9.17) is 19.5 Å². The van der Waals surface area contributed by atoms with Crippen molar-refractivity contribution in [2.75, 3.05) is 7.11 Å². The van der Waals surface area contributed by atoms with Crippen LogP contribution < -0.4 is 14.9 Å². The molecule has 6 heteroatoms. The van der Waals surface area contributed by atoms with Gasteiger partial charge in [-0.05, 0) is 17.6 Å². The maximum absolute atomic E-state index is 10.7. The number of hydrogen-bond donors (Lipinski definition) is 2. The smallest absolute Gasteiger partial charge is 0.488 e. The van der Waals surface area contributed by atoms with Gasteiger partial charge in [-0.3, -0.25) is 4.79 Å². The maximum atomic E-state index is 10.7. The number of methoxy groups -OCH3 is 1. The van der Waals surface area contributed by atoms with Gasteiger partial charge >= 0.3 is 13.1 Å². The van der Waals surface area contributed by atoms with E-state index in [0.717, 1.165) is 0 Å². The van der Waals surface area contributed by atoms with Crippen LogP contribution in [0.2, 0.25) is 0 Å². The molecule has 0 saturated carbocycles. The van der Waals surface area contributed by atoms with Crippen LogP contribution in [0, 0.1) is 0 Å². The normalized spacial score (nSPS) is 9.60. The summed E-state index contributed by atoms with van der Waals surface area (Å²) in [5.41, 5.74) is 0.266. The second kappa shape index (κ2) is 4.81. The van der Waals surface area contributed by atoms with Crippen LogP contribution in [0.5, 0.6) is 11.5 Å². The van der Waals surface area contributed by atoms with Gasteiger partial charge in [-0.2, -0.15) is 0 Å². The highest BCUT2D eigenvalue weighted by molar-refractivity contribution is 6.58. The Morgan fingerprint density at radius 2 is 2.00 bits per heavy atom. The highest BCUT2D eigenvalue weighted by Gasteiger charge is 2.15. The molecular weight excluding hydrogens is 199 g/mol. The molecule has 0 saturated heterocycles. The van der Waals surface area contributed by atoms with Crippen LogP contribution in [0.25, 0.3) is 0 Å². The molecule has 1 aromatic rings. The monoisotopic (exact) mass is 210 g/mol. The molecule has 0 aliphatic carbocycles. The van der Waals surface area contributed by atoms with Crippen LogP contribution in [-0.4, -0.2) is 30.2 Å². The van der Waals surface area contributed by atoms with Crippen molar-refractivity contribution in [3.05, 3.63) is 18.2 Å². The van der Waals surface area contributed by atoms with Gasteiger partial charge in [0.2, 0.25) is 0 Å². The lowest BCUT2D eigenvalue weighted by atomic mass is 9.80. The van der Waals surface area contributed by atoms with Crippen LogP contribution in [0.4, 0.5) is 0 Å². The molecule has 2 N–H and O–H groups in total. The van der Waals surface area contributed by atoms with E-state index in [9.17, 15) is 4.79 Å². The van der Waals surface area contributed by atoms with Crippen molar-refractivity contribution < 1.29 is 24.3 Å². The summed E-state index contributed by atoms with van der Waals surface area (Å²) >= 11 is 0. The number of hydrogen-bond acceptors (Lipinski definition) is 5. The van der Waals surface area contributed by atoms with Crippen molar-refractivity contribution >= 4 is 18.6 Å². The SMILES string of the molecule is COc1cc(B(O)O)ccc1OC(C)=O. The number of carbonyl (C=O) groups is 1. The average molecular weight is 210 g/mol. The first-order chi connectivity index (χ1) is 7.04. The van der Waals surface area contributed by atoms with Crippen molar-refractivity contribution in [2.45, 2.75) is 6.92 Å². The zero-order valence-electron chi connectivity index (χ0n) is 8.43. The van der Waals surface area contributed by atoms with Crippen molar-refractivity contribution in [2.24, 2.45) is 0 Å². The molecule has 0 spiro atoms. The van der Waals surface area contributed by atoms with Crippen LogP contribution in [-0.2, 0) is 4.79 Å². The van der Waals surface area contributed by atoms with Gasteiger partial charge in [0.15, 0.2) is 11.5 Å². The van der Waals surface area contributed by atoms with Gasteiger partial charge in [0, 0.05) is 6.92 Å². The second-order valence-corrected chi connectivity index (χ2v) is 2.88. The molecule has 1 aromatic carbocycles. The molecular formula is C9H11BO5. The molecule has 80 valence electrons. The summed E-state index contributed by atoms with van der Waals surface area (Å²) in [6.07, 6.45) is 0. The van der Waals surface area contributed by atoms with Crippen molar-refractivity contribution in [3.63, 3.8) is 0 Å². The first kappa shape index (κ1) is 11.5. The molecule has 0 heterocycles. The van der Waals surface area contributed by atoms with Crippen LogP contribution in [0.15, 0.2) is 18.2 Å². The third-order valence-electron chi connectivity index (χ3n) is 1.74. The number of rotatable bonds is 3. The lowest BCUT2D eigenvalue weighted by Gasteiger charge is -2.09. The summed E-state index contributed by atoms with van der Waals surface area (Å²) in [7, 11) is -0.180. The molecule has 1 rings (SSSR count). The molecule has 0 fully saturated rings. The Morgan fingerprint density at radius 3 is 2.47 bits per heavy atom. The first-order valence-electron chi connectivity index (χ1n) is 4.27. The second-order valence-electron chi connectivity index (χ2n) is 2.88. The minimum absolute atomic E-state index is 0.245. The predicted molar refractivity (Wildman–Crippen MR) is 54.1 cm³/mol. The van der Waals surface area contributed by atoms with E-state index in [1.165, 1.54) is 32.2 Å². The van der Waals surface area contributed by atoms with E-state index in [1.54, 1.807) is 0 Å². The fraction of sp³-hybridized carbons (Fsp3) is 0.222. The average Bonchev–Trinajstić information content (AvgIpc) is 2.17. The molecule has 0 radical (unpaired) electrons. The van der Waals surface area contributed by atoms with Crippen molar-refractivity contribution in [1.82, 2.24) is 0 Å². The summed E-state index contributed by atoms with van der Waals surface area (Å²) in [6, 6.07) is 4.27. The van der Waals surface area contributed by atoms with Crippen molar-refractivity contribution in [1.29, 1.82) is 0 Å². The van der Waals surface area contributed by atoms with Gasteiger partial charge in [0.05, 0.1) is 7.11 Å². The highest BCUT2D eigenvalue weighted by Crippen LogP contribution is 2.25. The Bertz CT molecular complexity index is 364. The van der Waals surface area contributed by atoms with E-state index in [0.29, 0.717) is 0 Å². The van der Waals surface area contributed by atoms with Gasteiger partial charge in [0.1, 0.15) is 0 Å². The Morgan fingerprint density at radius 1 is 1.33 bits per heavy atom. The fourth-order valence-electron chi connectivity index (χ4n) is 1.08. The third kappa shape index (κ3) is 2.97. The minimum Gasteiger partial charge on any atom is -0.493 e. The van der Waals surface area contributed by atoms with Gasteiger partial charge in [-0.25, -0.2) is 0 Å². The van der Waals surface area contributed by atoms with Crippen LogP contribution in [0.1, 0.15) is 6.92 Å². The molecule has 0 atom stereocenters. The third-order valence-corrected chi connectivity index (χ3v) is 1.74. The lowest BCUT2D eigenvalue weighted by Crippen LogP contribution is -2.29. The summed E-state index contributed by atoms with van der Waals surface area (Å²) in [5.74, 6) is 0.0517. The Labute approximate surface area is 87.4 Å². The number of carbonyl (C=O) groups excluding carboxylic acids is 1. The molecule has 0 unspecified atom stereocenters. The molecule has 15 heavy (non-hydrogen) atoms. The Hall–Kier alpha value is -1.53. The van der Waals surface area contributed by atoms with E-state index >= 15 is 0 Å². The number of esters is 1. The predicted octanol–water partition coefficient (Wildman–Crippen LogP) is -0.700. The fourth-order valence-corrected chi connectivity index (χ4v) is 1.08. The van der Waals surface area contributed by atoms with E-state index in [-0.39, 0.29) is 17.0 Å². The first-order valence-corrected chi connectivity index (χ1v) is 4.27. The topological polar surface area (TPSA) is 76.0 Å². The standard InChI is InChI=1S/C9H11BO5/c1-6(11)15-8-4-3-7(10(12)13)5-9(8)14-2/h3-5,12-13H,1-2H3. The van der Waals surface area contributed by atoms with Gasteiger partial charge in [-0.15, -0.1) is 0 Å².